The lowest BCUT2D eigenvalue weighted by Gasteiger charge is -1.93. The molecular weight excluding hydrogens is 182 g/mol. The minimum Gasteiger partial charge on any atom is -0.373 e. The number of benzene rings is 1. The van der Waals surface area contributed by atoms with Gasteiger partial charge < -0.3 is 10.5 Å². The number of hydrogen-bond donors (Lipinski definition) is 1. The van der Waals surface area contributed by atoms with E-state index >= 15 is 0 Å². The van der Waals surface area contributed by atoms with Crippen LogP contribution in [0.15, 0.2) is 36.4 Å². The first kappa shape index (κ1) is 9.98. The van der Waals surface area contributed by atoms with Gasteiger partial charge in [-0.15, -0.1) is 0 Å². The van der Waals surface area contributed by atoms with Gasteiger partial charge in [0.05, 0.1) is 0 Å². The Morgan fingerprint density at radius 1 is 1.21 bits per heavy atom. The van der Waals surface area contributed by atoms with Crippen molar-refractivity contribution in [3.8, 4) is 0 Å². The van der Waals surface area contributed by atoms with E-state index < -0.39 is 12.1 Å². The van der Waals surface area contributed by atoms with E-state index in [1.165, 1.54) is 6.08 Å². The maximum atomic E-state index is 10.8. The van der Waals surface area contributed by atoms with E-state index in [4.69, 9.17) is 0 Å². The monoisotopic (exact) mass is 191 g/mol. The molecule has 0 radical (unpaired) electrons. The van der Waals surface area contributed by atoms with Crippen molar-refractivity contribution in [3.63, 3.8) is 0 Å². The van der Waals surface area contributed by atoms with Crippen molar-refractivity contribution in [2.75, 3.05) is 0 Å². The molecule has 0 aromatic heterocycles. The van der Waals surface area contributed by atoms with Crippen molar-refractivity contribution in [1.29, 1.82) is 0 Å². The average Bonchev–Trinajstić information content (AvgIpc) is 2.15. The van der Waals surface area contributed by atoms with Gasteiger partial charge in [-0.3, -0.25) is 0 Å². The molecule has 0 aliphatic rings. The van der Waals surface area contributed by atoms with E-state index in [9.17, 15) is 9.59 Å². The van der Waals surface area contributed by atoms with Gasteiger partial charge in [-0.1, -0.05) is 30.3 Å². The third-order valence-electron chi connectivity index (χ3n) is 1.41. The summed E-state index contributed by atoms with van der Waals surface area (Å²) in [5.41, 5.74) is 5.49. The van der Waals surface area contributed by atoms with Gasteiger partial charge in [0.25, 0.3) is 0 Å². The first-order valence-corrected chi connectivity index (χ1v) is 3.93. The van der Waals surface area contributed by atoms with Gasteiger partial charge in [0.15, 0.2) is 0 Å². The zero-order chi connectivity index (χ0) is 10.4. The van der Waals surface area contributed by atoms with Crippen molar-refractivity contribution in [2.24, 2.45) is 5.73 Å². The molecule has 72 valence electrons. The van der Waals surface area contributed by atoms with Crippen LogP contribution in [0.3, 0.4) is 0 Å². The van der Waals surface area contributed by atoms with E-state index in [0.717, 1.165) is 11.6 Å². The predicted molar refractivity (Wildman–Crippen MR) is 51.2 cm³/mol. The maximum Gasteiger partial charge on any atom is 0.412 e. The SMILES string of the molecule is NC(=O)OC(=O)C=Cc1ccccc1. The molecule has 1 amide bonds. The third kappa shape index (κ3) is 3.53. The molecule has 1 aromatic carbocycles. The predicted octanol–water partition coefficient (Wildman–Crippen LogP) is 1.32. The number of esters is 1. The van der Waals surface area contributed by atoms with Crippen molar-refractivity contribution >= 4 is 18.1 Å². The highest BCUT2D eigenvalue weighted by molar-refractivity contribution is 5.93. The number of amides is 1. The summed E-state index contributed by atoms with van der Waals surface area (Å²) in [5.74, 6) is -0.777. The van der Waals surface area contributed by atoms with Gasteiger partial charge >= 0.3 is 12.1 Å². The zero-order valence-corrected chi connectivity index (χ0v) is 7.34. The molecular formula is C10H9NO3. The molecule has 4 heteroatoms. The van der Waals surface area contributed by atoms with Crippen LogP contribution in [0.2, 0.25) is 0 Å². The Hall–Kier alpha value is -2.10. The molecule has 0 heterocycles. The Morgan fingerprint density at radius 2 is 1.86 bits per heavy atom. The summed E-state index contributed by atoms with van der Waals surface area (Å²) in [4.78, 5) is 21.0. The Morgan fingerprint density at radius 3 is 2.43 bits per heavy atom. The molecule has 1 rings (SSSR count). The number of carbonyl (C=O) groups is 2. The quantitative estimate of drug-likeness (QED) is 0.435. The van der Waals surface area contributed by atoms with Crippen LogP contribution in [-0.2, 0) is 9.53 Å². The van der Waals surface area contributed by atoms with E-state index in [1.807, 2.05) is 30.3 Å². The Bertz CT molecular complexity index is 357. The standard InChI is InChI=1S/C10H9NO3/c11-10(13)14-9(12)7-6-8-4-2-1-3-5-8/h1-7H,(H2,11,13). The molecule has 2 N–H and O–H groups in total. The van der Waals surface area contributed by atoms with Gasteiger partial charge in [0.1, 0.15) is 0 Å². The third-order valence-corrected chi connectivity index (χ3v) is 1.41. The second-order valence-electron chi connectivity index (χ2n) is 2.48. The summed E-state index contributed by atoms with van der Waals surface area (Å²) in [6, 6.07) is 9.15. The van der Waals surface area contributed by atoms with Gasteiger partial charge in [-0.25, -0.2) is 9.59 Å². The van der Waals surface area contributed by atoms with E-state index in [1.54, 1.807) is 0 Å². The molecule has 0 spiro atoms. The fourth-order valence-electron chi connectivity index (χ4n) is 0.862. The number of rotatable bonds is 2. The summed E-state index contributed by atoms with van der Waals surface area (Å²) in [6.45, 7) is 0. The minimum atomic E-state index is -1.10. The Balaban J connectivity index is 2.56. The van der Waals surface area contributed by atoms with E-state index in [-0.39, 0.29) is 0 Å². The van der Waals surface area contributed by atoms with Gasteiger partial charge in [0, 0.05) is 6.08 Å². The Kier molecular flexibility index (Phi) is 3.43. The molecule has 1 aromatic rings. The molecule has 0 aliphatic carbocycles. The van der Waals surface area contributed by atoms with Crippen LogP contribution in [0.25, 0.3) is 6.08 Å². The normalized spacial score (nSPS) is 10.0. The smallest absolute Gasteiger partial charge is 0.373 e. The summed E-state index contributed by atoms with van der Waals surface area (Å²) in [7, 11) is 0. The number of primary amides is 1. The van der Waals surface area contributed by atoms with E-state index in [0.29, 0.717) is 0 Å². The Labute approximate surface area is 81.0 Å². The molecule has 0 bridgehead atoms. The van der Waals surface area contributed by atoms with Crippen molar-refractivity contribution < 1.29 is 14.3 Å². The van der Waals surface area contributed by atoms with Crippen molar-refractivity contribution in [1.82, 2.24) is 0 Å². The molecule has 0 saturated carbocycles. The van der Waals surface area contributed by atoms with Crippen LogP contribution in [0, 0.1) is 0 Å². The average molecular weight is 191 g/mol. The largest absolute Gasteiger partial charge is 0.412 e. The maximum absolute atomic E-state index is 10.8. The van der Waals surface area contributed by atoms with Gasteiger partial charge in [-0.05, 0) is 11.6 Å². The highest BCUT2D eigenvalue weighted by Crippen LogP contribution is 2.00. The first-order valence-electron chi connectivity index (χ1n) is 3.93. The number of nitrogens with two attached hydrogens (primary N) is 1. The van der Waals surface area contributed by atoms with Crippen LogP contribution < -0.4 is 5.73 Å². The molecule has 0 saturated heterocycles. The summed E-state index contributed by atoms with van der Waals surface area (Å²) >= 11 is 0. The van der Waals surface area contributed by atoms with Crippen LogP contribution in [0.4, 0.5) is 4.79 Å². The lowest BCUT2D eigenvalue weighted by atomic mass is 10.2. The highest BCUT2D eigenvalue weighted by atomic mass is 16.6. The fourth-order valence-corrected chi connectivity index (χ4v) is 0.862. The highest BCUT2D eigenvalue weighted by Gasteiger charge is 2.00. The lowest BCUT2D eigenvalue weighted by Crippen LogP contribution is -2.16. The zero-order valence-electron chi connectivity index (χ0n) is 7.34. The summed E-state index contributed by atoms with van der Waals surface area (Å²) < 4.78 is 4.09. The summed E-state index contributed by atoms with van der Waals surface area (Å²) in [5, 5.41) is 0. The molecule has 14 heavy (non-hydrogen) atoms. The lowest BCUT2D eigenvalue weighted by molar-refractivity contribution is -0.131. The summed E-state index contributed by atoms with van der Waals surface area (Å²) in [6.07, 6.45) is 1.57. The molecule has 0 atom stereocenters. The molecule has 0 fully saturated rings. The van der Waals surface area contributed by atoms with Crippen molar-refractivity contribution in [2.45, 2.75) is 0 Å². The number of ether oxygens (including phenoxy) is 1. The van der Waals surface area contributed by atoms with Crippen LogP contribution in [-0.4, -0.2) is 12.1 Å². The minimum absolute atomic E-state index is 0.777. The second-order valence-corrected chi connectivity index (χ2v) is 2.48. The topological polar surface area (TPSA) is 69.4 Å². The van der Waals surface area contributed by atoms with Crippen LogP contribution >= 0.6 is 0 Å². The van der Waals surface area contributed by atoms with Gasteiger partial charge in [0.2, 0.25) is 0 Å². The second kappa shape index (κ2) is 4.81. The molecule has 0 aliphatic heterocycles. The number of hydrogen-bond acceptors (Lipinski definition) is 3. The fraction of sp³-hybridized carbons (Fsp3) is 0. The van der Waals surface area contributed by atoms with E-state index in [2.05, 4.69) is 10.5 Å². The van der Waals surface area contributed by atoms with Crippen molar-refractivity contribution in [3.05, 3.63) is 42.0 Å². The number of carbonyl (C=O) groups excluding carboxylic acids is 2. The van der Waals surface area contributed by atoms with Gasteiger partial charge in [-0.2, -0.15) is 0 Å². The molecule has 4 nitrogen and oxygen atoms in total. The van der Waals surface area contributed by atoms with Crippen LogP contribution in [0.5, 0.6) is 0 Å². The van der Waals surface area contributed by atoms with Crippen LogP contribution in [0.1, 0.15) is 5.56 Å². The molecule has 0 unspecified atom stereocenters. The first-order chi connectivity index (χ1) is 6.68.